The molecule has 1 atom stereocenters. The number of carbonyl (C=O) groups excluding carboxylic acids is 2. The van der Waals surface area contributed by atoms with Crippen LogP contribution in [0.2, 0.25) is 0 Å². The van der Waals surface area contributed by atoms with Crippen LogP contribution in [0.1, 0.15) is 18.4 Å². The molecule has 1 unspecified atom stereocenters. The van der Waals surface area contributed by atoms with E-state index in [1.54, 1.807) is 4.90 Å². The third-order valence-corrected chi connectivity index (χ3v) is 3.40. The topological polar surface area (TPSA) is 89.4 Å². The van der Waals surface area contributed by atoms with Gasteiger partial charge < -0.3 is 16.4 Å². The van der Waals surface area contributed by atoms with Crippen molar-refractivity contribution in [2.24, 2.45) is 11.5 Å². The molecule has 2 amide bonds. The molecule has 1 aliphatic rings. The highest BCUT2D eigenvalue weighted by Gasteiger charge is 2.24. The second kappa shape index (κ2) is 6.34. The third-order valence-electron chi connectivity index (χ3n) is 3.40. The lowest BCUT2D eigenvalue weighted by Crippen LogP contribution is -2.46. The van der Waals surface area contributed by atoms with Crippen LogP contribution in [0, 0.1) is 0 Å². The monoisotopic (exact) mass is 273 g/mol. The summed E-state index contributed by atoms with van der Waals surface area (Å²) < 4.78 is 0. The van der Waals surface area contributed by atoms with E-state index in [2.05, 4.69) is 12.1 Å². The number of nitrogens with zero attached hydrogens (tertiary/aromatic N) is 1. The minimum atomic E-state index is -0.834. The Morgan fingerprint density at radius 3 is 2.50 bits per heavy atom. The van der Waals surface area contributed by atoms with Crippen molar-refractivity contribution in [2.45, 2.75) is 18.9 Å². The summed E-state index contributed by atoms with van der Waals surface area (Å²) in [6.45, 7) is 1.14. The van der Waals surface area contributed by atoms with Crippen LogP contribution in [0.5, 0.6) is 0 Å². The van der Waals surface area contributed by atoms with Crippen LogP contribution in [-0.2, 0) is 9.59 Å². The average Bonchev–Trinajstić information content (AvgIpc) is 2.47. The molecule has 0 aromatic heterocycles. The lowest BCUT2D eigenvalue weighted by Gasteiger charge is -2.28. The zero-order valence-electron chi connectivity index (χ0n) is 11.3. The summed E-state index contributed by atoms with van der Waals surface area (Å²) in [6.07, 6.45) is 2.72. The third kappa shape index (κ3) is 3.45. The highest BCUT2D eigenvalue weighted by atomic mass is 16.2. The van der Waals surface area contributed by atoms with Crippen LogP contribution < -0.4 is 11.5 Å². The van der Waals surface area contributed by atoms with E-state index in [9.17, 15) is 9.59 Å². The fraction of sp³-hybridized carbons (Fsp3) is 0.333. The van der Waals surface area contributed by atoms with Gasteiger partial charge in [-0.3, -0.25) is 9.59 Å². The predicted molar refractivity (Wildman–Crippen MR) is 77.4 cm³/mol. The number of hydrogen-bond acceptors (Lipinski definition) is 3. The predicted octanol–water partition coefficient (Wildman–Crippen LogP) is 0.505. The van der Waals surface area contributed by atoms with Gasteiger partial charge in [0.05, 0.1) is 12.5 Å². The van der Waals surface area contributed by atoms with E-state index < -0.39 is 11.9 Å². The van der Waals surface area contributed by atoms with Crippen LogP contribution in [0.4, 0.5) is 0 Å². The lowest BCUT2D eigenvalue weighted by atomic mass is 9.99. The molecule has 0 saturated carbocycles. The SMILES string of the molecule is NC(=O)CC(N)C(=O)N1CC=C(c2ccccc2)CC1. The summed E-state index contributed by atoms with van der Waals surface area (Å²) in [5.74, 6) is -0.768. The van der Waals surface area contributed by atoms with E-state index in [1.165, 1.54) is 11.1 Å². The summed E-state index contributed by atoms with van der Waals surface area (Å²) in [5, 5.41) is 0. The van der Waals surface area contributed by atoms with Gasteiger partial charge in [0.2, 0.25) is 11.8 Å². The number of amides is 2. The molecule has 1 aliphatic heterocycles. The molecular formula is C15H19N3O2. The largest absolute Gasteiger partial charge is 0.370 e. The van der Waals surface area contributed by atoms with E-state index in [-0.39, 0.29) is 12.3 Å². The molecule has 0 radical (unpaired) electrons. The summed E-state index contributed by atoms with van der Waals surface area (Å²) in [6, 6.07) is 9.25. The first-order valence-corrected chi connectivity index (χ1v) is 6.65. The molecule has 0 spiro atoms. The summed E-state index contributed by atoms with van der Waals surface area (Å²) in [4.78, 5) is 24.5. The fourth-order valence-electron chi connectivity index (χ4n) is 2.32. The van der Waals surface area contributed by atoms with Gasteiger partial charge in [-0.2, -0.15) is 0 Å². The van der Waals surface area contributed by atoms with E-state index in [1.807, 2.05) is 24.3 Å². The first kappa shape index (κ1) is 14.3. The van der Waals surface area contributed by atoms with Gasteiger partial charge in [-0.15, -0.1) is 0 Å². The van der Waals surface area contributed by atoms with Gasteiger partial charge >= 0.3 is 0 Å². The van der Waals surface area contributed by atoms with Crippen molar-refractivity contribution in [3.63, 3.8) is 0 Å². The van der Waals surface area contributed by atoms with Crippen molar-refractivity contribution in [3.05, 3.63) is 42.0 Å². The maximum absolute atomic E-state index is 12.0. The zero-order chi connectivity index (χ0) is 14.5. The first-order valence-electron chi connectivity index (χ1n) is 6.65. The Morgan fingerprint density at radius 1 is 1.25 bits per heavy atom. The van der Waals surface area contributed by atoms with Crippen LogP contribution >= 0.6 is 0 Å². The fourth-order valence-corrected chi connectivity index (χ4v) is 2.32. The molecule has 0 aliphatic carbocycles. The highest BCUT2D eigenvalue weighted by molar-refractivity contribution is 5.88. The summed E-state index contributed by atoms with van der Waals surface area (Å²) in [7, 11) is 0. The molecular weight excluding hydrogens is 254 g/mol. The standard InChI is InChI=1S/C15H19N3O2/c16-13(10-14(17)19)15(20)18-8-6-12(7-9-18)11-4-2-1-3-5-11/h1-6,13H,7-10,16H2,(H2,17,19). The second-order valence-electron chi connectivity index (χ2n) is 4.91. The van der Waals surface area contributed by atoms with Crippen molar-refractivity contribution in [3.8, 4) is 0 Å². The Hall–Kier alpha value is -2.14. The second-order valence-corrected chi connectivity index (χ2v) is 4.91. The maximum atomic E-state index is 12.0. The Bertz CT molecular complexity index is 525. The van der Waals surface area contributed by atoms with Gasteiger partial charge in [0.25, 0.3) is 0 Å². The van der Waals surface area contributed by atoms with Crippen LogP contribution in [0.25, 0.3) is 5.57 Å². The normalized spacial score (nSPS) is 16.4. The molecule has 5 nitrogen and oxygen atoms in total. The Kier molecular flexibility index (Phi) is 4.53. The van der Waals surface area contributed by atoms with Gasteiger partial charge in [-0.05, 0) is 17.6 Å². The van der Waals surface area contributed by atoms with Crippen molar-refractivity contribution < 1.29 is 9.59 Å². The van der Waals surface area contributed by atoms with Crippen molar-refractivity contribution in [2.75, 3.05) is 13.1 Å². The minimum absolute atomic E-state index is 0.107. The molecule has 5 heteroatoms. The van der Waals surface area contributed by atoms with Crippen LogP contribution in [0.15, 0.2) is 36.4 Å². The molecule has 1 aromatic rings. The van der Waals surface area contributed by atoms with E-state index in [4.69, 9.17) is 11.5 Å². The Labute approximate surface area is 118 Å². The first-order chi connectivity index (χ1) is 9.58. The van der Waals surface area contributed by atoms with E-state index in [0.717, 1.165) is 6.42 Å². The molecule has 4 N–H and O–H groups in total. The number of benzene rings is 1. The molecule has 1 aromatic carbocycles. The van der Waals surface area contributed by atoms with Gasteiger partial charge in [0.15, 0.2) is 0 Å². The number of nitrogens with two attached hydrogens (primary N) is 2. The molecule has 20 heavy (non-hydrogen) atoms. The molecule has 0 bridgehead atoms. The van der Waals surface area contributed by atoms with Gasteiger partial charge in [0.1, 0.15) is 0 Å². The quantitative estimate of drug-likeness (QED) is 0.837. The van der Waals surface area contributed by atoms with E-state index >= 15 is 0 Å². The van der Waals surface area contributed by atoms with Crippen LogP contribution in [-0.4, -0.2) is 35.8 Å². The van der Waals surface area contributed by atoms with E-state index in [0.29, 0.717) is 13.1 Å². The molecule has 106 valence electrons. The summed E-state index contributed by atoms with van der Waals surface area (Å²) in [5.41, 5.74) is 13.2. The Balaban J connectivity index is 1.98. The number of hydrogen-bond donors (Lipinski definition) is 2. The van der Waals surface area contributed by atoms with Crippen molar-refractivity contribution in [1.29, 1.82) is 0 Å². The molecule has 2 rings (SSSR count). The van der Waals surface area contributed by atoms with Crippen LogP contribution in [0.3, 0.4) is 0 Å². The molecule has 1 heterocycles. The maximum Gasteiger partial charge on any atom is 0.240 e. The molecule has 0 fully saturated rings. The number of rotatable bonds is 4. The number of carbonyl (C=O) groups is 2. The van der Waals surface area contributed by atoms with Crippen molar-refractivity contribution in [1.82, 2.24) is 4.90 Å². The van der Waals surface area contributed by atoms with Gasteiger partial charge in [-0.1, -0.05) is 36.4 Å². The lowest BCUT2D eigenvalue weighted by molar-refractivity contribution is -0.134. The zero-order valence-corrected chi connectivity index (χ0v) is 11.3. The van der Waals surface area contributed by atoms with Gasteiger partial charge in [0, 0.05) is 13.1 Å². The average molecular weight is 273 g/mol. The smallest absolute Gasteiger partial charge is 0.240 e. The van der Waals surface area contributed by atoms with Crippen molar-refractivity contribution >= 4 is 17.4 Å². The Morgan fingerprint density at radius 2 is 1.95 bits per heavy atom. The summed E-state index contributed by atoms with van der Waals surface area (Å²) >= 11 is 0. The number of primary amides is 1. The molecule has 0 saturated heterocycles. The minimum Gasteiger partial charge on any atom is -0.370 e. The van der Waals surface area contributed by atoms with Gasteiger partial charge in [-0.25, -0.2) is 0 Å². The highest BCUT2D eigenvalue weighted by Crippen LogP contribution is 2.22.